The van der Waals surface area contributed by atoms with Gasteiger partial charge in [-0.2, -0.15) is 0 Å². The van der Waals surface area contributed by atoms with Gasteiger partial charge in [0.05, 0.1) is 5.75 Å². The largest absolute Gasteiger partial charge is 0.317 e. The lowest BCUT2D eigenvalue weighted by Crippen LogP contribution is -2.46. The SMILES string of the molecule is CC(C)C1CCCCC1NS(=O)(=O)CC1CCNCC1. The number of piperidine rings is 1. The predicted octanol–water partition coefficient (Wildman–Crippen LogP) is 2.12. The van der Waals surface area contributed by atoms with E-state index >= 15 is 0 Å². The molecule has 2 unspecified atom stereocenters. The maximum absolute atomic E-state index is 12.4. The molecule has 2 atom stereocenters. The van der Waals surface area contributed by atoms with Crippen molar-refractivity contribution >= 4 is 10.0 Å². The Hall–Kier alpha value is -0.130. The van der Waals surface area contributed by atoms with E-state index in [1.807, 2.05) is 0 Å². The second kappa shape index (κ2) is 7.23. The number of nitrogens with one attached hydrogen (secondary N) is 2. The zero-order chi connectivity index (χ0) is 14.6. The molecule has 0 amide bonds. The number of rotatable bonds is 5. The smallest absolute Gasteiger partial charge is 0.212 e. The van der Waals surface area contributed by atoms with Crippen LogP contribution in [-0.4, -0.2) is 33.3 Å². The first-order valence-corrected chi connectivity index (χ1v) is 9.84. The van der Waals surface area contributed by atoms with Crippen LogP contribution >= 0.6 is 0 Å². The summed E-state index contributed by atoms with van der Waals surface area (Å²) in [5.74, 6) is 1.71. The van der Waals surface area contributed by atoms with Crippen LogP contribution in [0.5, 0.6) is 0 Å². The van der Waals surface area contributed by atoms with Crippen molar-refractivity contribution in [1.82, 2.24) is 10.0 Å². The molecule has 0 radical (unpaired) electrons. The molecule has 1 heterocycles. The maximum atomic E-state index is 12.4. The van der Waals surface area contributed by atoms with Gasteiger partial charge < -0.3 is 5.32 Å². The summed E-state index contributed by atoms with van der Waals surface area (Å²) in [7, 11) is -3.13. The molecule has 2 rings (SSSR count). The Morgan fingerprint density at radius 1 is 1.10 bits per heavy atom. The van der Waals surface area contributed by atoms with Crippen LogP contribution in [0.1, 0.15) is 52.4 Å². The Kier molecular flexibility index (Phi) is 5.87. The molecule has 2 N–H and O–H groups in total. The summed E-state index contributed by atoms with van der Waals surface area (Å²) in [5, 5.41) is 3.29. The van der Waals surface area contributed by atoms with Crippen molar-refractivity contribution in [2.75, 3.05) is 18.8 Å². The minimum atomic E-state index is -3.13. The van der Waals surface area contributed by atoms with E-state index < -0.39 is 10.0 Å². The number of hydrogen-bond donors (Lipinski definition) is 2. The molecule has 5 heteroatoms. The minimum absolute atomic E-state index is 0.162. The minimum Gasteiger partial charge on any atom is -0.317 e. The molecule has 0 aromatic rings. The summed E-state index contributed by atoms with van der Waals surface area (Å²) in [6.07, 6.45) is 6.55. The highest BCUT2D eigenvalue weighted by molar-refractivity contribution is 7.89. The van der Waals surface area contributed by atoms with Crippen molar-refractivity contribution < 1.29 is 8.42 Å². The third-order valence-electron chi connectivity index (χ3n) is 4.92. The van der Waals surface area contributed by atoms with E-state index in [9.17, 15) is 8.42 Å². The van der Waals surface area contributed by atoms with Crippen molar-refractivity contribution in [3.63, 3.8) is 0 Å². The third kappa shape index (κ3) is 4.71. The Balaban J connectivity index is 1.91. The van der Waals surface area contributed by atoms with Crippen LogP contribution in [0.3, 0.4) is 0 Å². The summed E-state index contributed by atoms with van der Waals surface area (Å²) < 4.78 is 27.8. The highest BCUT2D eigenvalue weighted by atomic mass is 32.2. The highest BCUT2D eigenvalue weighted by Crippen LogP contribution is 2.30. The molecular weight excluding hydrogens is 272 g/mol. The van der Waals surface area contributed by atoms with Crippen molar-refractivity contribution in [3.8, 4) is 0 Å². The van der Waals surface area contributed by atoms with Crippen molar-refractivity contribution in [1.29, 1.82) is 0 Å². The monoisotopic (exact) mass is 302 g/mol. The Morgan fingerprint density at radius 3 is 2.40 bits per heavy atom. The molecule has 1 saturated carbocycles. The quantitative estimate of drug-likeness (QED) is 0.818. The van der Waals surface area contributed by atoms with Gasteiger partial charge in [0, 0.05) is 6.04 Å². The van der Waals surface area contributed by atoms with Crippen molar-refractivity contribution in [2.45, 2.75) is 58.4 Å². The van der Waals surface area contributed by atoms with E-state index in [4.69, 9.17) is 0 Å². The summed E-state index contributed by atoms with van der Waals surface area (Å²) >= 11 is 0. The Labute approximate surface area is 124 Å². The van der Waals surface area contributed by atoms with E-state index in [0.717, 1.165) is 45.2 Å². The van der Waals surface area contributed by atoms with Gasteiger partial charge in [-0.15, -0.1) is 0 Å². The van der Waals surface area contributed by atoms with Crippen LogP contribution in [-0.2, 0) is 10.0 Å². The van der Waals surface area contributed by atoms with Crippen LogP contribution in [0, 0.1) is 17.8 Å². The van der Waals surface area contributed by atoms with Gasteiger partial charge in [0.2, 0.25) is 10.0 Å². The summed E-state index contributed by atoms with van der Waals surface area (Å²) in [5.41, 5.74) is 0. The van der Waals surface area contributed by atoms with Crippen LogP contribution in [0.4, 0.5) is 0 Å². The normalized spacial score (nSPS) is 29.8. The molecule has 20 heavy (non-hydrogen) atoms. The topological polar surface area (TPSA) is 58.2 Å². The van der Waals surface area contributed by atoms with Gasteiger partial charge in [0.15, 0.2) is 0 Å². The average molecular weight is 302 g/mol. The number of sulfonamides is 1. The van der Waals surface area contributed by atoms with E-state index in [1.54, 1.807) is 0 Å². The van der Waals surface area contributed by atoms with Crippen LogP contribution in [0.25, 0.3) is 0 Å². The van der Waals surface area contributed by atoms with Crippen LogP contribution < -0.4 is 10.0 Å². The van der Waals surface area contributed by atoms with Gasteiger partial charge in [-0.1, -0.05) is 26.7 Å². The first-order chi connectivity index (χ1) is 9.48. The molecule has 4 nitrogen and oxygen atoms in total. The standard InChI is InChI=1S/C15H30N2O2S/c1-12(2)14-5-3-4-6-15(14)17-20(18,19)11-13-7-9-16-10-8-13/h12-17H,3-11H2,1-2H3. The molecular formula is C15H30N2O2S. The first kappa shape index (κ1) is 16.2. The molecule has 0 bridgehead atoms. The number of hydrogen-bond acceptors (Lipinski definition) is 3. The molecule has 2 aliphatic rings. The fraction of sp³-hybridized carbons (Fsp3) is 1.00. The van der Waals surface area contributed by atoms with Gasteiger partial charge in [0.1, 0.15) is 0 Å². The lowest BCUT2D eigenvalue weighted by molar-refractivity contribution is 0.226. The fourth-order valence-electron chi connectivity index (χ4n) is 3.74. The van der Waals surface area contributed by atoms with E-state index in [-0.39, 0.29) is 6.04 Å². The molecule has 2 fully saturated rings. The molecule has 0 spiro atoms. The molecule has 0 aromatic heterocycles. The second-order valence-electron chi connectivity index (χ2n) is 6.89. The van der Waals surface area contributed by atoms with Gasteiger partial charge in [0.25, 0.3) is 0 Å². The highest BCUT2D eigenvalue weighted by Gasteiger charge is 2.31. The van der Waals surface area contributed by atoms with E-state index in [1.165, 1.54) is 6.42 Å². The second-order valence-corrected chi connectivity index (χ2v) is 8.69. The zero-order valence-electron chi connectivity index (χ0n) is 12.9. The summed E-state index contributed by atoms with van der Waals surface area (Å²) in [6.45, 7) is 6.34. The third-order valence-corrected chi connectivity index (χ3v) is 6.49. The van der Waals surface area contributed by atoms with E-state index in [0.29, 0.717) is 23.5 Å². The Morgan fingerprint density at radius 2 is 1.75 bits per heavy atom. The molecule has 1 aliphatic heterocycles. The van der Waals surface area contributed by atoms with Crippen molar-refractivity contribution in [3.05, 3.63) is 0 Å². The van der Waals surface area contributed by atoms with Gasteiger partial charge in [-0.05, 0) is 56.5 Å². The summed E-state index contributed by atoms with van der Waals surface area (Å²) in [4.78, 5) is 0. The van der Waals surface area contributed by atoms with Gasteiger partial charge in [-0.25, -0.2) is 13.1 Å². The Bertz CT molecular complexity index is 389. The van der Waals surface area contributed by atoms with Gasteiger partial charge in [-0.3, -0.25) is 0 Å². The lowest BCUT2D eigenvalue weighted by atomic mass is 9.78. The van der Waals surface area contributed by atoms with Crippen molar-refractivity contribution in [2.24, 2.45) is 17.8 Å². The molecule has 0 aromatic carbocycles. The molecule has 1 aliphatic carbocycles. The molecule has 118 valence electrons. The summed E-state index contributed by atoms with van der Waals surface area (Å²) in [6, 6.07) is 0.162. The van der Waals surface area contributed by atoms with Crippen LogP contribution in [0.2, 0.25) is 0 Å². The zero-order valence-corrected chi connectivity index (χ0v) is 13.7. The predicted molar refractivity (Wildman–Crippen MR) is 83.1 cm³/mol. The lowest BCUT2D eigenvalue weighted by Gasteiger charge is -2.35. The molecule has 1 saturated heterocycles. The fourth-order valence-corrected chi connectivity index (χ4v) is 5.55. The van der Waals surface area contributed by atoms with Gasteiger partial charge >= 0.3 is 0 Å². The maximum Gasteiger partial charge on any atom is 0.212 e. The first-order valence-electron chi connectivity index (χ1n) is 8.18. The van der Waals surface area contributed by atoms with Crippen LogP contribution in [0.15, 0.2) is 0 Å². The van der Waals surface area contributed by atoms with E-state index in [2.05, 4.69) is 23.9 Å². The average Bonchev–Trinajstić information content (AvgIpc) is 2.39.